The maximum Gasteiger partial charge on any atom is 0.250 e. The maximum absolute atomic E-state index is 11.3. The third kappa shape index (κ3) is 3.31. The summed E-state index contributed by atoms with van der Waals surface area (Å²) in [5.41, 5.74) is 8.40. The number of nitrogens with one attached hydrogen (secondary N) is 2. The molecule has 1 aromatic rings. The number of allylic oxidation sites excluding steroid dienone is 1. The van der Waals surface area contributed by atoms with E-state index in [1.807, 2.05) is 25.1 Å². The lowest BCUT2D eigenvalue weighted by Gasteiger charge is -2.01. The van der Waals surface area contributed by atoms with Crippen molar-refractivity contribution >= 4 is 11.6 Å². The predicted molar refractivity (Wildman–Crippen MR) is 56.5 cm³/mol. The lowest BCUT2D eigenvalue weighted by atomic mass is 10.3. The minimum atomic E-state index is -0.247. The van der Waals surface area contributed by atoms with E-state index < -0.39 is 0 Å². The third-order valence-corrected chi connectivity index (χ3v) is 1.73. The fourth-order valence-electron chi connectivity index (χ4n) is 0.960. The van der Waals surface area contributed by atoms with Crippen LogP contribution in [-0.2, 0) is 4.79 Å². The zero-order valence-electron chi connectivity index (χ0n) is 8.08. The Bertz CT molecular complexity index is 330. The molecule has 3 heteroatoms. The average molecular weight is 189 g/mol. The fourth-order valence-corrected chi connectivity index (χ4v) is 0.960. The van der Waals surface area contributed by atoms with E-state index in [9.17, 15) is 4.79 Å². The van der Waals surface area contributed by atoms with Gasteiger partial charge in [-0.05, 0) is 18.6 Å². The number of para-hydroxylation sites is 1. The Balaban J connectivity index is 2.58. The molecule has 1 radical (unpaired) electrons. The van der Waals surface area contributed by atoms with Gasteiger partial charge in [0.1, 0.15) is 0 Å². The van der Waals surface area contributed by atoms with E-state index in [0.29, 0.717) is 12.1 Å². The van der Waals surface area contributed by atoms with E-state index in [-0.39, 0.29) is 5.91 Å². The highest BCUT2D eigenvalue weighted by atomic mass is 16.1. The van der Waals surface area contributed by atoms with Crippen LogP contribution in [0.3, 0.4) is 0 Å². The Morgan fingerprint density at radius 1 is 1.43 bits per heavy atom. The number of hydrogen-bond acceptors (Lipinski definition) is 1. The Morgan fingerprint density at radius 3 is 2.64 bits per heavy atom. The van der Waals surface area contributed by atoms with Crippen LogP contribution in [0.5, 0.6) is 0 Å². The quantitative estimate of drug-likeness (QED) is 0.728. The molecule has 1 rings (SSSR count). The largest absolute Gasteiger partial charge is 0.322 e. The van der Waals surface area contributed by atoms with Crippen molar-refractivity contribution in [2.75, 3.05) is 5.32 Å². The van der Waals surface area contributed by atoms with Crippen LogP contribution in [0, 0.1) is 0 Å². The summed E-state index contributed by atoms with van der Waals surface area (Å²) in [7, 11) is 0. The number of amides is 1. The van der Waals surface area contributed by atoms with Crippen molar-refractivity contribution in [3.8, 4) is 0 Å². The SMILES string of the molecule is CCC([NH])=CC(=O)Nc1ccccc1. The predicted octanol–water partition coefficient (Wildman–Crippen LogP) is 2.20. The molecule has 3 nitrogen and oxygen atoms in total. The Hall–Kier alpha value is -1.77. The minimum absolute atomic E-state index is 0.247. The molecule has 1 amide bonds. The molecule has 0 bridgehead atoms. The molecule has 0 saturated heterocycles. The van der Waals surface area contributed by atoms with Crippen molar-refractivity contribution in [1.29, 1.82) is 0 Å². The van der Waals surface area contributed by atoms with Crippen molar-refractivity contribution in [3.63, 3.8) is 0 Å². The molecule has 0 unspecified atom stereocenters. The highest BCUT2D eigenvalue weighted by Gasteiger charge is 1.98. The van der Waals surface area contributed by atoms with Gasteiger partial charge < -0.3 is 11.1 Å². The van der Waals surface area contributed by atoms with Crippen LogP contribution < -0.4 is 11.1 Å². The molecule has 2 N–H and O–H groups in total. The number of hydrogen-bond donors (Lipinski definition) is 1. The molecule has 0 heterocycles. The van der Waals surface area contributed by atoms with Crippen molar-refractivity contribution in [3.05, 3.63) is 42.1 Å². The normalized spacial score (nSPS) is 11.1. The highest BCUT2D eigenvalue weighted by molar-refractivity contribution is 5.99. The molecule has 14 heavy (non-hydrogen) atoms. The average Bonchev–Trinajstić information content (AvgIpc) is 2.19. The first-order chi connectivity index (χ1) is 6.72. The summed E-state index contributed by atoms with van der Waals surface area (Å²) >= 11 is 0. The van der Waals surface area contributed by atoms with Crippen molar-refractivity contribution < 1.29 is 4.79 Å². The number of rotatable bonds is 3. The van der Waals surface area contributed by atoms with Gasteiger partial charge in [-0.3, -0.25) is 4.79 Å². The minimum Gasteiger partial charge on any atom is -0.322 e. The summed E-state index contributed by atoms with van der Waals surface area (Å²) in [4.78, 5) is 11.3. The first-order valence-corrected chi connectivity index (χ1v) is 4.50. The summed E-state index contributed by atoms with van der Waals surface area (Å²) in [5.74, 6) is -0.247. The summed E-state index contributed by atoms with van der Waals surface area (Å²) in [6.07, 6.45) is 1.87. The molecule has 73 valence electrons. The smallest absolute Gasteiger partial charge is 0.250 e. The van der Waals surface area contributed by atoms with Gasteiger partial charge in [-0.1, -0.05) is 25.1 Å². The van der Waals surface area contributed by atoms with Gasteiger partial charge in [0, 0.05) is 17.5 Å². The van der Waals surface area contributed by atoms with E-state index in [1.165, 1.54) is 6.08 Å². The van der Waals surface area contributed by atoms with Crippen molar-refractivity contribution in [1.82, 2.24) is 5.73 Å². The van der Waals surface area contributed by atoms with E-state index in [1.54, 1.807) is 12.1 Å². The highest BCUT2D eigenvalue weighted by Crippen LogP contribution is 2.05. The monoisotopic (exact) mass is 189 g/mol. The van der Waals surface area contributed by atoms with Crippen LogP contribution in [0.15, 0.2) is 42.1 Å². The molecule has 0 aliphatic heterocycles. The van der Waals surface area contributed by atoms with Crippen LogP contribution in [0.25, 0.3) is 0 Å². The van der Waals surface area contributed by atoms with E-state index in [2.05, 4.69) is 5.32 Å². The second-order valence-corrected chi connectivity index (χ2v) is 2.88. The van der Waals surface area contributed by atoms with Gasteiger partial charge in [-0.25, -0.2) is 0 Å². The molecule has 0 aliphatic rings. The van der Waals surface area contributed by atoms with Gasteiger partial charge in [0.2, 0.25) is 5.91 Å². The van der Waals surface area contributed by atoms with E-state index in [4.69, 9.17) is 5.73 Å². The van der Waals surface area contributed by atoms with Gasteiger partial charge in [0.15, 0.2) is 0 Å². The summed E-state index contributed by atoms with van der Waals surface area (Å²) in [6.45, 7) is 1.84. The standard InChI is InChI=1S/C11H13N2O/c1-2-9(12)8-11(14)13-10-6-4-3-5-7-10/h3-8,12H,2H2,1H3,(H,13,14). The van der Waals surface area contributed by atoms with Crippen LogP contribution in [0.2, 0.25) is 0 Å². The number of anilines is 1. The topological polar surface area (TPSA) is 52.9 Å². The molecule has 0 aromatic heterocycles. The molecule has 0 aliphatic carbocycles. The zero-order valence-corrected chi connectivity index (χ0v) is 8.08. The lowest BCUT2D eigenvalue weighted by Crippen LogP contribution is -2.08. The van der Waals surface area contributed by atoms with Gasteiger partial charge in [-0.2, -0.15) is 0 Å². The first kappa shape index (κ1) is 10.3. The second-order valence-electron chi connectivity index (χ2n) is 2.88. The molecule has 0 saturated carbocycles. The van der Waals surface area contributed by atoms with Gasteiger partial charge in [0.25, 0.3) is 0 Å². The molecular weight excluding hydrogens is 176 g/mol. The third-order valence-electron chi connectivity index (χ3n) is 1.73. The molecule has 0 atom stereocenters. The maximum atomic E-state index is 11.3. The molecule has 0 fully saturated rings. The van der Waals surface area contributed by atoms with E-state index in [0.717, 1.165) is 5.69 Å². The van der Waals surface area contributed by atoms with Crippen LogP contribution in [0.4, 0.5) is 5.69 Å². The van der Waals surface area contributed by atoms with Gasteiger partial charge in [-0.15, -0.1) is 0 Å². The number of carbonyl (C=O) groups is 1. The summed E-state index contributed by atoms with van der Waals surface area (Å²) in [5, 5.41) is 2.67. The van der Waals surface area contributed by atoms with Gasteiger partial charge in [0.05, 0.1) is 0 Å². The van der Waals surface area contributed by atoms with E-state index >= 15 is 0 Å². The number of benzene rings is 1. The Labute approximate surface area is 83.6 Å². The van der Waals surface area contributed by atoms with Crippen LogP contribution >= 0.6 is 0 Å². The number of carbonyl (C=O) groups excluding carboxylic acids is 1. The molecular formula is C11H13N2O. The molecule has 1 aromatic carbocycles. The second kappa shape index (κ2) is 5.07. The lowest BCUT2D eigenvalue weighted by molar-refractivity contribution is -0.112. The summed E-state index contributed by atoms with van der Waals surface area (Å²) in [6, 6.07) is 9.19. The van der Waals surface area contributed by atoms with Crippen LogP contribution in [0.1, 0.15) is 13.3 Å². The Morgan fingerprint density at radius 2 is 2.07 bits per heavy atom. The zero-order chi connectivity index (χ0) is 10.4. The summed E-state index contributed by atoms with van der Waals surface area (Å²) < 4.78 is 0. The van der Waals surface area contributed by atoms with Crippen LogP contribution in [-0.4, -0.2) is 5.91 Å². The van der Waals surface area contributed by atoms with Crippen molar-refractivity contribution in [2.45, 2.75) is 13.3 Å². The Kier molecular flexibility index (Phi) is 3.73. The van der Waals surface area contributed by atoms with Crippen molar-refractivity contribution in [2.24, 2.45) is 0 Å². The van der Waals surface area contributed by atoms with Gasteiger partial charge >= 0.3 is 0 Å². The first-order valence-electron chi connectivity index (χ1n) is 4.50. The molecule has 0 spiro atoms. The fraction of sp³-hybridized carbons (Fsp3) is 0.182.